The summed E-state index contributed by atoms with van der Waals surface area (Å²) < 4.78 is 11.9. The van der Waals surface area contributed by atoms with Gasteiger partial charge in [0.15, 0.2) is 0 Å². The van der Waals surface area contributed by atoms with Gasteiger partial charge in [-0.3, -0.25) is 0 Å². The molecule has 3 rings (SSSR count). The quantitative estimate of drug-likeness (QED) is 0.861. The van der Waals surface area contributed by atoms with Crippen LogP contribution in [0.15, 0.2) is 24.3 Å². The first-order chi connectivity index (χ1) is 9.90. The van der Waals surface area contributed by atoms with Crippen molar-refractivity contribution in [2.75, 3.05) is 13.2 Å². The van der Waals surface area contributed by atoms with Gasteiger partial charge in [-0.15, -0.1) is 0 Å². The molecule has 2 fully saturated rings. The maximum atomic E-state index is 6.00. The molecule has 3 nitrogen and oxygen atoms in total. The van der Waals surface area contributed by atoms with Crippen LogP contribution in [0.4, 0.5) is 0 Å². The Kier molecular flexibility index (Phi) is 4.80. The van der Waals surface area contributed by atoms with Gasteiger partial charge >= 0.3 is 0 Å². The van der Waals surface area contributed by atoms with Crippen LogP contribution >= 0.6 is 0 Å². The summed E-state index contributed by atoms with van der Waals surface area (Å²) in [6, 6.07) is 8.74. The minimum atomic E-state index is 0.410. The van der Waals surface area contributed by atoms with Gasteiger partial charge in [-0.2, -0.15) is 0 Å². The van der Waals surface area contributed by atoms with E-state index >= 15 is 0 Å². The average molecular weight is 275 g/mol. The number of hydrogen-bond acceptors (Lipinski definition) is 3. The van der Waals surface area contributed by atoms with Crippen molar-refractivity contribution in [2.24, 2.45) is 0 Å². The van der Waals surface area contributed by atoms with E-state index in [1.165, 1.54) is 38.5 Å². The van der Waals surface area contributed by atoms with Crippen molar-refractivity contribution in [3.8, 4) is 11.5 Å². The van der Waals surface area contributed by atoms with Crippen LogP contribution in [0.25, 0.3) is 0 Å². The fraction of sp³-hybridized carbons (Fsp3) is 0.647. The Labute approximate surface area is 121 Å². The molecule has 0 spiro atoms. The number of benzene rings is 1. The fourth-order valence-corrected chi connectivity index (χ4v) is 3.16. The summed E-state index contributed by atoms with van der Waals surface area (Å²) in [5, 5.41) is 3.50. The molecule has 1 aliphatic heterocycles. The molecule has 0 aromatic heterocycles. The lowest BCUT2D eigenvalue weighted by Crippen LogP contribution is -2.23. The van der Waals surface area contributed by atoms with E-state index in [-0.39, 0.29) is 0 Å². The number of nitrogens with one attached hydrogen (secondary N) is 1. The van der Waals surface area contributed by atoms with Gasteiger partial charge in [-0.25, -0.2) is 0 Å². The Morgan fingerprint density at radius 1 is 1.05 bits per heavy atom. The molecular formula is C17H25NO2. The summed E-state index contributed by atoms with van der Waals surface area (Å²) in [5.74, 6) is 1.88. The number of ether oxygens (including phenoxy) is 2. The number of hydrogen-bond donors (Lipinski definition) is 1. The SMILES string of the molecule is c1cc(OCCC2CCCN2)cc(OC2CCCC2)c1. The molecule has 1 N–H and O–H groups in total. The first-order valence-corrected chi connectivity index (χ1v) is 8.03. The molecule has 20 heavy (non-hydrogen) atoms. The van der Waals surface area contributed by atoms with E-state index in [0.717, 1.165) is 31.1 Å². The van der Waals surface area contributed by atoms with Gasteiger partial charge in [0.25, 0.3) is 0 Å². The van der Waals surface area contributed by atoms with E-state index in [1.807, 2.05) is 24.3 Å². The van der Waals surface area contributed by atoms with Crippen molar-refractivity contribution in [2.45, 2.75) is 57.1 Å². The maximum absolute atomic E-state index is 6.00. The molecule has 1 aliphatic carbocycles. The molecule has 0 radical (unpaired) electrons. The van der Waals surface area contributed by atoms with Gasteiger partial charge in [0.05, 0.1) is 12.7 Å². The zero-order valence-electron chi connectivity index (χ0n) is 12.1. The van der Waals surface area contributed by atoms with Gasteiger partial charge in [0.1, 0.15) is 11.5 Å². The Morgan fingerprint density at radius 3 is 2.70 bits per heavy atom. The molecule has 1 aromatic rings. The van der Waals surface area contributed by atoms with Crippen molar-refractivity contribution in [1.82, 2.24) is 5.32 Å². The van der Waals surface area contributed by atoms with Crippen LogP contribution in [0, 0.1) is 0 Å². The minimum Gasteiger partial charge on any atom is -0.493 e. The van der Waals surface area contributed by atoms with E-state index < -0.39 is 0 Å². The Hall–Kier alpha value is -1.22. The van der Waals surface area contributed by atoms with Crippen molar-refractivity contribution in [1.29, 1.82) is 0 Å². The lowest BCUT2D eigenvalue weighted by molar-refractivity contribution is 0.208. The van der Waals surface area contributed by atoms with Gasteiger partial charge in [0, 0.05) is 12.1 Å². The van der Waals surface area contributed by atoms with Gasteiger partial charge in [-0.05, 0) is 63.6 Å². The van der Waals surface area contributed by atoms with E-state index in [0.29, 0.717) is 12.1 Å². The van der Waals surface area contributed by atoms with Crippen LogP contribution in [-0.2, 0) is 0 Å². The van der Waals surface area contributed by atoms with Crippen LogP contribution < -0.4 is 14.8 Å². The minimum absolute atomic E-state index is 0.410. The molecule has 1 aromatic carbocycles. The topological polar surface area (TPSA) is 30.5 Å². The third kappa shape index (κ3) is 3.89. The van der Waals surface area contributed by atoms with Crippen LogP contribution in [-0.4, -0.2) is 25.3 Å². The number of rotatable bonds is 6. The molecule has 3 heteroatoms. The van der Waals surface area contributed by atoms with Crippen molar-refractivity contribution in [3.63, 3.8) is 0 Å². The Balaban J connectivity index is 1.46. The van der Waals surface area contributed by atoms with Crippen LogP contribution in [0.3, 0.4) is 0 Å². The lowest BCUT2D eigenvalue weighted by Gasteiger charge is -2.15. The van der Waals surface area contributed by atoms with Crippen LogP contribution in [0.2, 0.25) is 0 Å². The molecule has 1 heterocycles. The molecular weight excluding hydrogens is 250 g/mol. The zero-order valence-corrected chi connectivity index (χ0v) is 12.1. The smallest absolute Gasteiger partial charge is 0.123 e. The second kappa shape index (κ2) is 6.98. The molecule has 1 atom stereocenters. The van der Waals surface area contributed by atoms with Crippen molar-refractivity contribution >= 4 is 0 Å². The van der Waals surface area contributed by atoms with Crippen molar-refractivity contribution in [3.05, 3.63) is 24.3 Å². The molecule has 110 valence electrons. The summed E-state index contributed by atoms with van der Waals surface area (Å²) in [6.45, 7) is 1.94. The largest absolute Gasteiger partial charge is 0.493 e. The van der Waals surface area contributed by atoms with E-state index in [1.54, 1.807) is 0 Å². The summed E-state index contributed by atoms with van der Waals surface area (Å²) in [7, 11) is 0. The summed E-state index contributed by atoms with van der Waals surface area (Å²) in [4.78, 5) is 0. The average Bonchev–Trinajstić information content (AvgIpc) is 3.13. The second-order valence-corrected chi connectivity index (χ2v) is 5.93. The third-order valence-corrected chi connectivity index (χ3v) is 4.31. The predicted molar refractivity (Wildman–Crippen MR) is 80.5 cm³/mol. The molecule has 1 unspecified atom stereocenters. The van der Waals surface area contributed by atoms with Crippen LogP contribution in [0.1, 0.15) is 44.9 Å². The first kappa shape index (κ1) is 13.7. The van der Waals surface area contributed by atoms with Crippen molar-refractivity contribution < 1.29 is 9.47 Å². The highest BCUT2D eigenvalue weighted by atomic mass is 16.5. The van der Waals surface area contributed by atoms with E-state index in [4.69, 9.17) is 9.47 Å². The highest BCUT2D eigenvalue weighted by Gasteiger charge is 2.17. The Bertz CT molecular complexity index is 409. The summed E-state index contributed by atoms with van der Waals surface area (Å²) in [5.41, 5.74) is 0. The van der Waals surface area contributed by atoms with Gasteiger partial charge in [-0.1, -0.05) is 6.07 Å². The summed E-state index contributed by atoms with van der Waals surface area (Å²) in [6.07, 6.45) is 9.08. The normalized spacial score (nSPS) is 23.1. The second-order valence-electron chi connectivity index (χ2n) is 5.93. The predicted octanol–water partition coefficient (Wildman–Crippen LogP) is 3.53. The maximum Gasteiger partial charge on any atom is 0.123 e. The molecule has 1 saturated heterocycles. The highest BCUT2D eigenvalue weighted by Crippen LogP contribution is 2.26. The van der Waals surface area contributed by atoms with E-state index in [2.05, 4.69) is 5.32 Å². The third-order valence-electron chi connectivity index (χ3n) is 4.31. The molecule has 0 bridgehead atoms. The van der Waals surface area contributed by atoms with Crippen LogP contribution in [0.5, 0.6) is 11.5 Å². The monoisotopic (exact) mass is 275 g/mol. The molecule has 1 saturated carbocycles. The highest BCUT2D eigenvalue weighted by molar-refractivity contribution is 5.33. The molecule has 2 aliphatic rings. The zero-order chi connectivity index (χ0) is 13.6. The first-order valence-electron chi connectivity index (χ1n) is 8.03. The van der Waals surface area contributed by atoms with E-state index in [9.17, 15) is 0 Å². The Morgan fingerprint density at radius 2 is 1.90 bits per heavy atom. The standard InChI is InChI=1S/C17H25NO2/c1-2-7-15(6-1)20-17-9-3-8-16(13-17)19-12-10-14-5-4-11-18-14/h3,8-9,13-15,18H,1-2,4-7,10-12H2. The molecule has 0 amide bonds. The fourth-order valence-electron chi connectivity index (χ4n) is 3.16. The van der Waals surface area contributed by atoms with Gasteiger partial charge in [0.2, 0.25) is 0 Å². The lowest BCUT2D eigenvalue weighted by atomic mass is 10.2. The van der Waals surface area contributed by atoms with Gasteiger partial charge < -0.3 is 14.8 Å². The summed E-state index contributed by atoms with van der Waals surface area (Å²) >= 11 is 0.